The minimum atomic E-state index is -1.28. The number of carbonyl (C=O) groups excluding carboxylic acids is 1. The Bertz CT molecular complexity index is 135. The second-order valence-corrected chi connectivity index (χ2v) is 3.80. The predicted octanol–water partition coefficient (Wildman–Crippen LogP) is 1.89. The Hall–Kier alpha value is -0.0200. The first-order valence-corrected chi connectivity index (χ1v) is 4.74. The number of hydrogen-bond donors (Lipinski definition) is 0. The van der Waals surface area contributed by atoms with Gasteiger partial charge in [0.1, 0.15) is 5.78 Å². The number of Topliss-reactive ketones (excluding diaryl/α,β-unsaturated/α-hetero) is 1. The number of carbonyl (C=O) groups is 1. The zero-order chi connectivity index (χ0) is 9.56. The highest BCUT2D eigenvalue weighted by atomic mass is 31.2. The lowest BCUT2D eigenvalue weighted by molar-refractivity contribution is -0.118. The average Bonchev–Trinajstić information content (AvgIpc) is 1.98. The van der Waals surface area contributed by atoms with Crippen LogP contribution in [0.4, 0.5) is 0 Å². The highest BCUT2D eigenvalue weighted by Gasteiger charge is 2.14. The van der Waals surface area contributed by atoms with Crippen LogP contribution in [-0.2, 0) is 18.4 Å². The maximum absolute atomic E-state index is 10.7. The van der Waals surface area contributed by atoms with E-state index in [1.165, 1.54) is 21.1 Å². The highest BCUT2D eigenvalue weighted by molar-refractivity contribution is 7.41. The number of ketones is 1. The molecule has 0 fully saturated rings. The van der Waals surface area contributed by atoms with Crippen LogP contribution >= 0.6 is 8.60 Å². The Morgan fingerprint density at radius 3 is 2.25 bits per heavy atom. The van der Waals surface area contributed by atoms with Crippen LogP contribution in [0, 0.1) is 0 Å². The molecule has 0 radical (unpaired) electrons. The largest absolute Gasteiger partial charge is 0.332 e. The minimum Gasteiger partial charge on any atom is -0.316 e. The molecule has 0 aliphatic heterocycles. The van der Waals surface area contributed by atoms with Crippen molar-refractivity contribution < 1.29 is 18.4 Å². The van der Waals surface area contributed by atoms with Crippen molar-refractivity contribution in [1.82, 2.24) is 0 Å². The van der Waals surface area contributed by atoms with E-state index in [4.69, 9.17) is 13.6 Å². The third-order valence-corrected chi connectivity index (χ3v) is 2.27. The van der Waals surface area contributed by atoms with Gasteiger partial charge in [-0.1, -0.05) is 0 Å². The van der Waals surface area contributed by atoms with Crippen molar-refractivity contribution in [2.24, 2.45) is 0 Å². The molecular weight excluding hydrogens is 179 g/mol. The van der Waals surface area contributed by atoms with Gasteiger partial charge >= 0.3 is 8.60 Å². The third kappa shape index (κ3) is 5.61. The van der Waals surface area contributed by atoms with Crippen molar-refractivity contribution in [1.29, 1.82) is 0 Å². The van der Waals surface area contributed by atoms with Gasteiger partial charge in [-0.3, -0.25) is 4.79 Å². The molecule has 0 rings (SSSR count). The Balaban J connectivity index is 3.65. The van der Waals surface area contributed by atoms with Gasteiger partial charge in [0, 0.05) is 20.6 Å². The molecule has 0 amide bonds. The van der Waals surface area contributed by atoms with Gasteiger partial charge in [0.15, 0.2) is 0 Å². The van der Waals surface area contributed by atoms with Crippen molar-refractivity contribution in [3.8, 4) is 0 Å². The van der Waals surface area contributed by atoms with Gasteiger partial charge < -0.3 is 13.6 Å². The molecule has 0 bridgehead atoms. The van der Waals surface area contributed by atoms with Gasteiger partial charge in [-0.15, -0.1) is 0 Å². The van der Waals surface area contributed by atoms with Gasteiger partial charge in [-0.2, -0.15) is 0 Å². The summed E-state index contributed by atoms with van der Waals surface area (Å²) in [6, 6.07) is 0. The quantitative estimate of drug-likeness (QED) is 0.605. The summed E-state index contributed by atoms with van der Waals surface area (Å²) < 4.78 is 15.0. The minimum absolute atomic E-state index is 0.102. The van der Waals surface area contributed by atoms with Crippen LogP contribution in [-0.4, -0.2) is 26.1 Å². The number of hydrogen-bond acceptors (Lipinski definition) is 4. The molecule has 72 valence electrons. The average molecular weight is 194 g/mol. The summed E-state index contributed by atoms with van der Waals surface area (Å²) in [6.45, 7) is 3.34. The molecule has 12 heavy (non-hydrogen) atoms. The van der Waals surface area contributed by atoms with Crippen molar-refractivity contribution in [2.45, 2.75) is 26.4 Å². The molecular formula is C7H15O4P. The predicted molar refractivity (Wildman–Crippen MR) is 46.8 cm³/mol. The Labute approximate surface area is 74.2 Å². The van der Waals surface area contributed by atoms with Crippen LogP contribution in [0.25, 0.3) is 0 Å². The lowest BCUT2D eigenvalue weighted by Gasteiger charge is -2.16. The molecule has 4 nitrogen and oxygen atoms in total. The monoisotopic (exact) mass is 194 g/mol. The van der Waals surface area contributed by atoms with E-state index in [1.807, 2.05) is 6.92 Å². The molecule has 0 saturated heterocycles. The van der Waals surface area contributed by atoms with Gasteiger partial charge in [-0.25, -0.2) is 0 Å². The summed E-state index contributed by atoms with van der Waals surface area (Å²) in [6.07, 6.45) is 0.250. The molecule has 0 N–H and O–H groups in total. The normalized spacial score (nSPS) is 13.4. The van der Waals surface area contributed by atoms with E-state index in [9.17, 15) is 4.79 Å². The van der Waals surface area contributed by atoms with E-state index >= 15 is 0 Å². The standard InChI is InChI=1S/C7H15O4P/c1-6(8)5-7(2)11-12(9-3)10-4/h7H,5H2,1-4H3. The molecule has 0 heterocycles. The van der Waals surface area contributed by atoms with Gasteiger partial charge in [0.25, 0.3) is 0 Å². The van der Waals surface area contributed by atoms with E-state index in [1.54, 1.807) is 0 Å². The smallest absolute Gasteiger partial charge is 0.316 e. The van der Waals surface area contributed by atoms with Gasteiger partial charge in [0.05, 0.1) is 6.10 Å². The molecule has 0 aromatic heterocycles. The van der Waals surface area contributed by atoms with Gasteiger partial charge in [-0.05, 0) is 13.8 Å². The topological polar surface area (TPSA) is 44.8 Å². The van der Waals surface area contributed by atoms with Crippen molar-refractivity contribution in [3.63, 3.8) is 0 Å². The lowest BCUT2D eigenvalue weighted by Crippen LogP contribution is -2.10. The SMILES string of the molecule is COP(OC)OC(C)CC(C)=O. The summed E-state index contributed by atoms with van der Waals surface area (Å²) >= 11 is 0. The second kappa shape index (κ2) is 6.49. The van der Waals surface area contributed by atoms with Crippen LogP contribution in [0.15, 0.2) is 0 Å². The fourth-order valence-electron chi connectivity index (χ4n) is 0.750. The Morgan fingerprint density at radius 1 is 1.42 bits per heavy atom. The Kier molecular flexibility index (Phi) is 6.48. The summed E-state index contributed by atoms with van der Waals surface area (Å²) in [5.74, 6) is 0.102. The zero-order valence-electron chi connectivity index (χ0n) is 7.86. The van der Waals surface area contributed by atoms with Crippen LogP contribution in [0.1, 0.15) is 20.3 Å². The zero-order valence-corrected chi connectivity index (χ0v) is 8.76. The van der Waals surface area contributed by atoms with E-state index in [0.29, 0.717) is 6.42 Å². The lowest BCUT2D eigenvalue weighted by atomic mass is 10.2. The maximum atomic E-state index is 10.7. The van der Waals surface area contributed by atoms with E-state index < -0.39 is 8.60 Å². The molecule has 1 atom stereocenters. The first kappa shape index (κ1) is 12.0. The maximum Gasteiger partial charge on any atom is 0.332 e. The summed E-state index contributed by atoms with van der Waals surface area (Å²) in [5.41, 5.74) is 0. The highest BCUT2D eigenvalue weighted by Crippen LogP contribution is 2.39. The first-order valence-electron chi connectivity index (χ1n) is 3.64. The summed E-state index contributed by atoms with van der Waals surface area (Å²) in [7, 11) is 1.74. The van der Waals surface area contributed by atoms with E-state index in [2.05, 4.69) is 0 Å². The molecule has 0 aromatic carbocycles. The molecule has 0 aliphatic carbocycles. The fraction of sp³-hybridized carbons (Fsp3) is 0.857. The molecule has 0 saturated carbocycles. The molecule has 5 heteroatoms. The van der Waals surface area contributed by atoms with E-state index in [0.717, 1.165) is 0 Å². The van der Waals surface area contributed by atoms with Crippen LogP contribution < -0.4 is 0 Å². The molecule has 1 unspecified atom stereocenters. The Morgan fingerprint density at radius 2 is 1.92 bits per heavy atom. The number of rotatable bonds is 6. The fourth-order valence-corrected chi connectivity index (χ4v) is 1.44. The van der Waals surface area contributed by atoms with Crippen LogP contribution in [0.5, 0.6) is 0 Å². The first-order chi connectivity index (χ1) is 5.60. The summed E-state index contributed by atoms with van der Waals surface area (Å²) in [4.78, 5) is 10.7. The molecule has 0 aromatic rings. The van der Waals surface area contributed by atoms with E-state index in [-0.39, 0.29) is 11.9 Å². The summed E-state index contributed by atoms with van der Waals surface area (Å²) in [5, 5.41) is 0. The van der Waals surface area contributed by atoms with Crippen LogP contribution in [0.3, 0.4) is 0 Å². The van der Waals surface area contributed by atoms with Gasteiger partial charge in [0.2, 0.25) is 0 Å². The van der Waals surface area contributed by atoms with Crippen molar-refractivity contribution >= 4 is 14.4 Å². The molecule has 0 spiro atoms. The van der Waals surface area contributed by atoms with Crippen LogP contribution in [0.2, 0.25) is 0 Å². The van der Waals surface area contributed by atoms with Crippen molar-refractivity contribution in [2.75, 3.05) is 14.2 Å². The molecule has 0 aliphatic rings. The second-order valence-electron chi connectivity index (χ2n) is 2.41. The third-order valence-electron chi connectivity index (χ3n) is 1.14. The van der Waals surface area contributed by atoms with Crippen molar-refractivity contribution in [3.05, 3.63) is 0 Å².